The van der Waals surface area contributed by atoms with Crippen molar-refractivity contribution in [1.29, 1.82) is 0 Å². The zero-order valence-corrected chi connectivity index (χ0v) is 22.5. The van der Waals surface area contributed by atoms with Gasteiger partial charge in [-0.25, -0.2) is 10.4 Å². The molecule has 36 heavy (non-hydrogen) atoms. The van der Waals surface area contributed by atoms with Gasteiger partial charge < -0.3 is 4.74 Å². The first kappa shape index (κ1) is 24.7. The molecule has 10 heteroatoms. The van der Waals surface area contributed by atoms with Crippen LogP contribution in [0.4, 0.5) is 0 Å². The number of aryl methyl sites for hydroxylation is 3. The third kappa shape index (κ3) is 5.11. The van der Waals surface area contributed by atoms with Crippen LogP contribution in [0.2, 0.25) is 0 Å². The zero-order valence-electron chi connectivity index (χ0n) is 20.1. The van der Waals surface area contributed by atoms with E-state index < -0.39 is 0 Å². The number of amides is 1. The minimum atomic E-state index is -0.261. The monoisotopic (exact) mass is 538 g/mol. The van der Waals surface area contributed by atoms with E-state index in [9.17, 15) is 9.59 Å². The third-order valence-electron chi connectivity index (χ3n) is 5.97. The first-order chi connectivity index (χ1) is 17.5. The second-order valence-electron chi connectivity index (χ2n) is 8.40. The summed E-state index contributed by atoms with van der Waals surface area (Å²) >= 11 is 4.41. The summed E-state index contributed by atoms with van der Waals surface area (Å²) in [5.74, 6) is 0.563. The Hall–Kier alpha value is -2.95. The molecule has 1 aliphatic rings. The van der Waals surface area contributed by atoms with Gasteiger partial charge in [0.1, 0.15) is 10.6 Å². The van der Waals surface area contributed by atoms with Crippen LogP contribution < -0.4 is 15.7 Å². The lowest BCUT2D eigenvalue weighted by molar-refractivity contribution is -0.118. The highest BCUT2D eigenvalue weighted by Gasteiger charge is 2.23. The second kappa shape index (κ2) is 11.0. The quantitative estimate of drug-likeness (QED) is 0.142. The largest absolute Gasteiger partial charge is 0.494 e. The predicted molar refractivity (Wildman–Crippen MR) is 149 cm³/mol. The summed E-state index contributed by atoms with van der Waals surface area (Å²) in [6.45, 7) is 4.50. The van der Waals surface area contributed by atoms with Crippen LogP contribution in [0.15, 0.2) is 50.8 Å². The molecular weight excluding hydrogens is 513 g/mol. The molecule has 0 atom stereocenters. The van der Waals surface area contributed by atoms with E-state index >= 15 is 0 Å². The van der Waals surface area contributed by atoms with E-state index in [0.29, 0.717) is 22.8 Å². The Labute approximate surface area is 221 Å². The Kier molecular flexibility index (Phi) is 7.54. The van der Waals surface area contributed by atoms with Crippen LogP contribution in [-0.4, -0.2) is 34.0 Å². The molecule has 1 aliphatic carbocycles. The highest BCUT2D eigenvalue weighted by Crippen LogP contribution is 2.35. The van der Waals surface area contributed by atoms with Crippen LogP contribution >= 0.6 is 34.4 Å². The van der Waals surface area contributed by atoms with Crippen molar-refractivity contribution in [2.24, 2.45) is 5.10 Å². The average Bonchev–Trinajstić information content (AvgIpc) is 3.46. The van der Waals surface area contributed by atoms with Crippen molar-refractivity contribution in [2.45, 2.75) is 44.7 Å². The topological polar surface area (TPSA) is 85.6 Å². The van der Waals surface area contributed by atoms with Crippen molar-refractivity contribution in [3.63, 3.8) is 0 Å². The van der Waals surface area contributed by atoms with Crippen molar-refractivity contribution in [3.05, 3.63) is 66.9 Å². The Morgan fingerprint density at radius 1 is 1.25 bits per heavy atom. The number of rotatable bonds is 8. The maximum Gasteiger partial charge on any atom is 0.267 e. The van der Waals surface area contributed by atoms with Gasteiger partial charge in [-0.1, -0.05) is 11.8 Å². The molecule has 0 radical (unpaired) electrons. The molecule has 1 N–H and O–H groups in total. The van der Waals surface area contributed by atoms with Crippen LogP contribution in [-0.2, 0) is 17.6 Å². The number of nitrogens with zero attached hydrogens (tertiary/aromatic N) is 3. The molecule has 0 spiro atoms. The number of hydrazone groups is 1. The Bertz CT molecular complexity index is 1480. The maximum atomic E-state index is 13.8. The van der Waals surface area contributed by atoms with Gasteiger partial charge in [0.25, 0.3) is 11.5 Å². The zero-order chi connectivity index (χ0) is 25.1. The molecule has 0 fully saturated rings. The van der Waals surface area contributed by atoms with E-state index in [1.807, 2.05) is 49.6 Å². The number of ether oxygens (including phenoxy) is 1. The number of hydrogen-bond acceptors (Lipinski definition) is 8. The van der Waals surface area contributed by atoms with Gasteiger partial charge in [0.05, 0.1) is 29.6 Å². The summed E-state index contributed by atoms with van der Waals surface area (Å²) in [5, 5.41) is 7.27. The van der Waals surface area contributed by atoms with Crippen molar-refractivity contribution in [3.8, 4) is 11.4 Å². The number of carbonyl (C=O) groups excluding carboxylic acids is 1. The van der Waals surface area contributed by atoms with E-state index in [2.05, 4.69) is 10.5 Å². The molecular formula is C26H26N4O3S3. The van der Waals surface area contributed by atoms with Gasteiger partial charge in [-0.3, -0.25) is 14.2 Å². The molecule has 4 aromatic rings. The first-order valence-electron chi connectivity index (χ1n) is 11.8. The SMILES string of the molecule is CCOc1ccc(-n2c(SCC(=O)NN=Cc3sccc3C)nc3sc4c(c3c2=O)CCCC4)cc1. The highest BCUT2D eigenvalue weighted by atomic mass is 32.2. The van der Waals surface area contributed by atoms with Crippen molar-refractivity contribution in [1.82, 2.24) is 15.0 Å². The number of thiophene rings is 2. The fourth-order valence-electron chi connectivity index (χ4n) is 4.21. The minimum absolute atomic E-state index is 0.0842. The summed E-state index contributed by atoms with van der Waals surface area (Å²) in [4.78, 5) is 34.3. The number of fused-ring (bicyclic) bond motifs is 3. The number of nitrogens with one attached hydrogen (secondary N) is 1. The Morgan fingerprint density at radius 2 is 2.06 bits per heavy atom. The molecule has 3 aromatic heterocycles. The molecule has 0 aliphatic heterocycles. The number of benzene rings is 1. The average molecular weight is 539 g/mol. The summed E-state index contributed by atoms with van der Waals surface area (Å²) in [7, 11) is 0. The van der Waals surface area contributed by atoms with Crippen LogP contribution in [0.5, 0.6) is 5.75 Å². The summed E-state index contributed by atoms with van der Waals surface area (Å²) in [6, 6.07) is 9.42. The van der Waals surface area contributed by atoms with Gasteiger partial charge >= 0.3 is 0 Å². The van der Waals surface area contributed by atoms with Gasteiger partial charge in [0, 0.05) is 9.75 Å². The van der Waals surface area contributed by atoms with Crippen LogP contribution in [0, 0.1) is 6.92 Å². The lowest BCUT2D eigenvalue weighted by Crippen LogP contribution is -2.24. The standard InChI is InChI=1S/C26H26N4O3S3/c1-3-33-18-10-8-17(9-11-18)30-25(32)23-19-6-4-5-7-20(19)36-24(23)28-26(30)35-15-22(31)29-27-14-21-16(2)12-13-34-21/h8-14H,3-7,15H2,1-2H3,(H,29,31). The molecule has 3 heterocycles. The van der Waals surface area contributed by atoms with Crippen molar-refractivity contribution >= 4 is 56.8 Å². The Morgan fingerprint density at radius 3 is 2.81 bits per heavy atom. The fraction of sp³-hybridized carbons (Fsp3) is 0.308. The van der Waals surface area contributed by atoms with Crippen LogP contribution in [0.25, 0.3) is 15.9 Å². The van der Waals surface area contributed by atoms with Crippen LogP contribution in [0.3, 0.4) is 0 Å². The number of thioether (sulfide) groups is 1. The normalized spacial score (nSPS) is 13.3. The first-order valence-corrected chi connectivity index (χ1v) is 14.5. The molecule has 1 aromatic carbocycles. The van der Waals surface area contributed by atoms with Gasteiger partial charge in [-0.15, -0.1) is 22.7 Å². The molecule has 0 unspecified atom stereocenters. The van der Waals surface area contributed by atoms with Gasteiger partial charge in [-0.2, -0.15) is 5.10 Å². The molecule has 5 rings (SSSR count). The smallest absolute Gasteiger partial charge is 0.267 e. The minimum Gasteiger partial charge on any atom is -0.494 e. The van der Waals surface area contributed by atoms with E-state index in [-0.39, 0.29) is 17.2 Å². The number of carbonyl (C=O) groups is 1. The van der Waals surface area contributed by atoms with Gasteiger partial charge in [0.15, 0.2) is 5.16 Å². The van der Waals surface area contributed by atoms with Gasteiger partial charge in [-0.05, 0) is 86.4 Å². The lowest BCUT2D eigenvalue weighted by atomic mass is 9.97. The maximum absolute atomic E-state index is 13.8. The summed E-state index contributed by atoms with van der Waals surface area (Å²) in [5.41, 5.74) is 5.45. The van der Waals surface area contributed by atoms with Crippen LogP contribution in [0.1, 0.15) is 40.6 Å². The molecule has 186 valence electrons. The van der Waals surface area contributed by atoms with E-state index in [1.54, 1.807) is 33.5 Å². The predicted octanol–water partition coefficient (Wildman–Crippen LogP) is 5.34. The van der Waals surface area contributed by atoms with Crippen molar-refractivity contribution in [2.75, 3.05) is 12.4 Å². The van der Waals surface area contributed by atoms with Gasteiger partial charge in [0.2, 0.25) is 0 Å². The summed E-state index contributed by atoms with van der Waals surface area (Å²) in [6.07, 6.45) is 5.78. The van der Waals surface area contributed by atoms with Crippen molar-refractivity contribution < 1.29 is 9.53 Å². The van der Waals surface area contributed by atoms with E-state index in [4.69, 9.17) is 9.72 Å². The molecule has 0 bridgehead atoms. The second-order valence-corrected chi connectivity index (χ2v) is 11.4. The molecule has 0 saturated carbocycles. The van der Waals surface area contributed by atoms with E-state index in [0.717, 1.165) is 52.3 Å². The molecule has 1 amide bonds. The number of aromatic nitrogens is 2. The third-order valence-corrected chi connectivity index (χ3v) is 9.05. The lowest BCUT2D eigenvalue weighted by Gasteiger charge is -2.14. The Balaban J connectivity index is 1.45. The highest BCUT2D eigenvalue weighted by molar-refractivity contribution is 7.99. The molecule has 7 nitrogen and oxygen atoms in total. The summed E-state index contributed by atoms with van der Waals surface area (Å²) < 4.78 is 7.19. The fourth-order valence-corrected chi connectivity index (χ4v) is 7.10. The van der Waals surface area contributed by atoms with E-state index in [1.165, 1.54) is 16.6 Å². The number of hydrogen-bond donors (Lipinski definition) is 1. The molecule has 0 saturated heterocycles.